The number of unbranched alkanes of at least 4 members (excludes halogenated alkanes) is 3. The predicted molar refractivity (Wildman–Crippen MR) is 93.2 cm³/mol. The average molecular weight is 390 g/mol. The van der Waals surface area contributed by atoms with E-state index in [0.717, 1.165) is 0 Å². The zero-order valence-electron chi connectivity index (χ0n) is 14.8. The molecule has 0 spiro atoms. The first-order valence-corrected chi connectivity index (χ1v) is 16.1. The Bertz CT molecular complexity index is 249. The van der Waals surface area contributed by atoms with E-state index in [2.05, 4.69) is 46.9 Å². The maximum absolute atomic E-state index is 13.0. The van der Waals surface area contributed by atoms with Gasteiger partial charge in [0.25, 0.3) is 0 Å². The predicted octanol–water partition coefficient (Wildman–Crippen LogP) is 5.93. The number of rotatable bonds is 10. The number of hydrogen-bond acceptors (Lipinski definition) is 1. The molecule has 0 rings (SSSR count). The number of nitrogens with one attached hydrogen (secondary N) is 1. The van der Waals surface area contributed by atoms with Gasteiger partial charge in [0, 0.05) is 0 Å². The second kappa shape index (κ2) is 10.1. The fourth-order valence-electron chi connectivity index (χ4n) is 2.73. The van der Waals surface area contributed by atoms with E-state index in [4.69, 9.17) is 0 Å². The molecule has 20 heavy (non-hydrogen) atoms. The Kier molecular flexibility index (Phi) is 10.2. The molecular weight excluding hydrogens is 353 g/mol. The molecule has 0 aliphatic rings. The zero-order chi connectivity index (χ0) is 15.6. The van der Waals surface area contributed by atoms with E-state index < -0.39 is 18.4 Å². The minimum absolute atomic E-state index is 0.0795. The molecule has 0 aliphatic heterocycles. The third-order valence-corrected chi connectivity index (χ3v) is 18.3. The van der Waals surface area contributed by atoms with Crippen LogP contribution >= 0.6 is 0 Å². The zero-order valence-corrected chi connectivity index (χ0v) is 17.6. The third kappa shape index (κ3) is 7.89. The molecule has 0 unspecified atom stereocenters. The molecule has 0 saturated carbocycles. The van der Waals surface area contributed by atoms with E-state index in [1.165, 1.54) is 51.8 Å². The van der Waals surface area contributed by atoms with Crippen LogP contribution in [0.1, 0.15) is 80.1 Å². The van der Waals surface area contributed by atoms with Gasteiger partial charge in [0.05, 0.1) is 0 Å². The Morgan fingerprint density at radius 3 is 1.45 bits per heavy atom. The fraction of sp³-hybridized carbons (Fsp3) is 0.941. The summed E-state index contributed by atoms with van der Waals surface area (Å²) in [6.07, 6.45) is 7.42. The van der Waals surface area contributed by atoms with Gasteiger partial charge in [-0.1, -0.05) is 0 Å². The van der Waals surface area contributed by atoms with Gasteiger partial charge in [0.1, 0.15) is 0 Å². The molecule has 2 nitrogen and oxygen atoms in total. The standard InChI is InChI=1S/C5H10NO.3C4H9.Sn/c1-5(2,3)6-4-7;3*1-3-4-2;/h1-3H3,(H,6,7);3*1,3-4H2,2H3;. The van der Waals surface area contributed by atoms with Gasteiger partial charge < -0.3 is 0 Å². The molecule has 120 valence electrons. The molecule has 0 radical (unpaired) electrons. The van der Waals surface area contributed by atoms with Crippen molar-refractivity contribution < 1.29 is 4.79 Å². The minimum atomic E-state index is -2.69. The van der Waals surface area contributed by atoms with Crippen molar-refractivity contribution in [3.8, 4) is 0 Å². The van der Waals surface area contributed by atoms with Crippen LogP contribution in [-0.4, -0.2) is 27.8 Å². The van der Waals surface area contributed by atoms with Crippen molar-refractivity contribution in [1.29, 1.82) is 0 Å². The molecule has 0 heterocycles. The molecule has 0 bridgehead atoms. The fourth-order valence-corrected chi connectivity index (χ4v) is 17.5. The van der Waals surface area contributed by atoms with Crippen molar-refractivity contribution in [2.75, 3.05) is 0 Å². The van der Waals surface area contributed by atoms with Gasteiger partial charge in [-0.3, -0.25) is 0 Å². The van der Waals surface area contributed by atoms with Crippen LogP contribution in [0.25, 0.3) is 0 Å². The Balaban J connectivity index is 5.05. The summed E-state index contributed by atoms with van der Waals surface area (Å²) in [6.45, 7) is 13.1. The Labute approximate surface area is 131 Å². The SMILES string of the molecule is CCC[CH2][Sn]([CH2]CCC)([CH2]CCC)[C](=O)NC(C)(C)C. The number of carbonyl (C=O) groups excluding carboxylic acids is 1. The Morgan fingerprint density at radius 1 is 0.850 bits per heavy atom. The van der Waals surface area contributed by atoms with Gasteiger partial charge in [-0.05, 0) is 0 Å². The second-order valence-corrected chi connectivity index (χ2v) is 20.2. The Hall–Kier alpha value is 0.269. The summed E-state index contributed by atoms with van der Waals surface area (Å²) in [5.41, 5.74) is -0.0795. The van der Waals surface area contributed by atoms with Gasteiger partial charge in [0.15, 0.2) is 0 Å². The van der Waals surface area contributed by atoms with Crippen molar-refractivity contribution in [3.05, 3.63) is 0 Å². The van der Waals surface area contributed by atoms with Crippen LogP contribution in [0.3, 0.4) is 0 Å². The number of hydrogen-bond donors (Lipinski definition) is 1. The monoisotopic (exact) mass is 391 g/mol. The number of carbonyl (C=O) groups is 1. The van der Waals surface area contributed by atoms with E-state index >= 15 is 0 Å². The summed E-state index contributed by atoms with van der Waals surface area (Å²) in [6, 6.07) is 0. The van der Waals surface area contributed by atoms with Crippen LogP contribution in [0.4, 0.5) is 4.79 Å². The average Bonchev–Trinajstić information content (AvgIpc) is 2.36. The van der Waals surface area contributed by atoms with Crippen LogP contribution in [0, 0.1) is 0 Å². The molecule has 1 amide bonds. The summed E-state index contributed by atoms with van der Waals surface area (Å²) in [5.74, 6) is 0. The molecule has 0 atom stereocenters. The Morgan fingerprint density at radius 2 is 1.20 bits per heavy atom. The van der Waals surface area contributed by atoms with Crippen LogP contribution in [-0.2, 0) is 0 Å². The van der Waals surface area contributed by atoms with Crippen molar-refractivity contribution >= 4 is 22.3 Å². The summed E-state index contributed by atoms with van der Waals surface area (Å²) >= 11 is -2.69. The van der Waals surface area contributed by atoms with Gasteiger partial charge in [0.2, 0.25) is 0 Å². The topological polar surface area (TPSA) is 29.1 Å². The second-order valence-electron chi connectivity index (χ2n) is 7.30. The van der Waals surface area contributed by atoms with E-state index in [1.807, 2.05) is 0 Å². The van der Waals surface area contributed by atoms with Gasteiger partial charge >= 0.3 is 131 Å². The van der Waals surface area contributed by atoms with Crippen LogP contribution in [0.2, 0.25) is 13.3 Å². The maximum atomic E-state index is 13.0. The van der Waals surface area contributed by atoms with Crippen molar-refractivity contribution in [2.45, 2.75) is 98.9 Å². The summed E-state index contributed by atoms with van der Waals surface area (Å²) < 4.78 is 4.27. The van der Waals surface area contributed by atoms with Gasteiger partial charge in [-0.2, -0.15) is 0 Å². The summed E-state index contributed by atoms with van der Waals surface area (Å²) in [4.78, 5) is 13.0. The van der Waals surface area contributed by atoms with Crippen molar-refractivity contribution in [1.82, 2.24) is 5.32 Å². The van der Waals surface area contributed by atoms with Crippen molar-refractivity contribution in [2.24, 2.45) is 0 Å². The number of amides is 1. The first-order valence-electron chi connectivity index (χ1n) is 8.64. The molecule has 3 heteroatoms. The molecule has 0 aliphatic carbocycles. The van der Waals surface area contributed by atoms with E-state index in [0.29, 0.717) is 3.92 Å². The van der Waals surface area contributed by atoms with Crippen LogP contribution in [0.5, 0.6) is 0 Å². The van der Waals surface area contributed by atoms with E-state index in [-0.39, 0.29) is 5.54 Å². The molecule has 0 aromatic heterocycles. The van der Waals surface area contributed by atoms with Gasteiger partial charge in [-0.15, -0.1) is 0 Å². The molecule has 0 aromatic rings. The van der Waals surface area contributed by atoms with Crippen LogP contribution < -0.4 is 5.32 Å². The summed E-state index contributed by atoms with van der Waals surface area (Å²) in [5, 5.41) is 3.34. The van der Waals surface area contributed by atoms with E-state index in [9.17, 15) is 4.79 Å². The summed E-state index contributed by atoms with van der Waals surface area (Å²) in [7, 11) is 0. The molecule has 0 fully saturated rings. The van der Waals surface area contributed by atoms with Gasteiger partial charge in [-0.25, -0.2) is 0 Å². The van der Waals surface area contributed by atoms with Crippen LogP contribution in [0.15, 0.2) is 0 Å². The molecule has 0 saturated heterocycles. The third-order valence-electron chi connectivity index (χ3n) is 4.00. The molecule has 0 aromatic carbocycles. The quantitative estimate of drug-likeness (QED) is 0.461. The first-order chi connectivity index (χ1) is 9.31. The molecular formula is C17H37NOSn. The van der Waals surface area contributed by atoms with E-state index in [1.54, 1.807) is 0 Å². The normalized spacial score (nSPS) is 12.5. The van der Waals surface area contributed by atoms with Crippen molar-refractivity contribution in [3.63, 3.8) is 0 Å². The molecule has 1 N–H and O–H groups in total. The first kappa shape index (κ1) is 20.3.